The predicted octanol–water partition coefficient (Wildman–Crippen LogP) is 3.79. The number of thiophene rings is 1. The van der Waals surface area contributed by atoms with E-state index in [2.05, 4.69) is 10.5 Å². The van der Waals surface area contributed by atoms with Gasteiger partial charge in [-0.3, -0.25) is 4.79 Å². The minimum Gasteiger partial charge on any atom is -0.497 e. The van der Waals surface area contributed by atoms with Gasteiger partial charge in [-0.05, 0) is 48.0 Å². The van der Waals surface area contributed by atoms with E-state index in [1.54, 1.807) is 45.6 Å². The van der Waals surface area contributed by atoms with Crippen molar-refractivity contribution < 1.29 is 19.0 Å². The lowest BCUT2D eigenvalue weighted by atomic mass is 10.2. The van der Waals surface area contributed by atoms with Crippen molar-refractivity contribution in [2.45, 2.75) is 0 Å². The first kappa shape index (κ1) is 20.2. The molecule has 0 aliphatic rings. The number of hydrogen-bond acceptors (Lipinski definition) is 7. The minimum absolute atomic E-state index is 0.377. The zero-order valence-corrected chi connectivity index (χ0v) is 17.1. The van der Waals surface area contributed by atoms with Crippen LogP contribution in [0.15, 0.2) is 53.6 Å². The second-order valence-electron chi connectivity index (χ2n) is 5.97. The number of nitrogens with zero attached hydrogens (tertiary/aromatic N) is 1. The van der Waals surface area contributed by atoms with Gasteiger partial charge in [0.25, 0.3) is 5.91 Å². The quantitative estimate of drug-likeness (QED) is 0.456. The van der Waals surface area contributed by atoms with Gasteiger partial charge in [0.05, 0.1) is 33.2 Å². The van der Waals surface area contributed by atoms with Crippen LogP contribution in [0.1, 0.15) is 15.2 Å². The van der Waals surface area contributed by atoms with Crippen LogP contribution < -0.4 is 25.4 Å². The van der Waals surface area contributed by atoms with Gasteiger partial charge in [-0.25, -0.2) is 5.43 Å². The third kappa shape index (κ3) is 4.85. The fraction of sp³-hybridized carbons (Fsp3) is 0.143. The molecule has 3 N–H and O–H groups in total. The molecule has 1 heterocycles. The Labute approximate surface area is 172 Å². The lowest BCUT2D eigenvalue weighted by molar-refractivity contribution is 0.0960. The Morgan fingerprint density at radius 3 is 2.17 bits per heavy atom. The van der Waals surface area contributed by atoms with Crippen LogP contribution in [0.2, 0.25) is 0 Å². The van der Waals surface area contributed by atoms with Gasteiger partial charge in [0.15, 0.2) is 0 Å². The highest BCUT2D eigenvalue weighted by Crippen LogP contribution is 2.34. The average Bonchev–Trinajstić information content (AvgIpc) is 3.15. The lowest BCUT2D eigenvalue weighted by Crippen LogP contribution is -2.17. The number of nitrogens with one attached hydrogen (secondary N) is 1. The largest absolute Gasteiger partial charge is 0.497 e. The molecule has 2 aromatic carbocycles. The number of anilines is 1. The molecule has 0 aliphatic carbocycles. The maximum Gasteiger partial charge on any atom is 0.283 e. The summed E-state index contributed by atoms with van der Waals surface area (Å²) >= 11 is 1.30. The van der Waals surface area contributed by atoms with Crippen LogP contribution >= 0.6 is 11.3 Å². The summed E-state index contributed by atoms with van der Waals surface area (Å²) in [7, 11) is 4.75. The molecule has 1 amide bonds. The number of carbonyl (C=O) groups excluding carboxylic acids is 1. The van der Waals surface area contributed by atoms with E-state index in [1.807, 2.05) is 24.3 Å². The number of carbonyl (C=O) groups is 1. The van der Waals surface area contributed by atoms with Crippen molar-refractivity contribution in [3.05, 3.63) is 59.0 Å². The molecule has 3 rings (SSSR count). The number of nitrogens with two attached hydrogens (primary N) is 1. The maximum absolute atomic E-state index is 12.5. The van der Waals surface area contributed by atoms with E-state index in [0.29, 0.717) is 22.1 Å². The number of hydrogen-bond donors (Lipinski definition) is 2. The van der Waals surface area contributed by atoms with E-state index in [1.165, 1.54) is 17.6 Å². The van der Waals surface area contributed by atoms with Gasteiger partial charge in [0.1, 0.15) is 22.1 Å². The van der Waals surface area contributed by atoms with Crippen LogP contribution in [0.5, 0.6) is 17.2 Å². The van der Waals surface area contributed by atoms with Crippen LogP contribution in [0.4, 0.5) is 5.69 Å². The first-order valence-corrected chi connectivity index (χ1v) is 9.46. The van der Waals surface area contributed by atoms with Crippen LogP contribution in [0, 0.1) is 0 Å². The molecule has 0 saturated carbocycles. The number of methoxy groups -OCH3 is 3. The van der Waals surface area contributed by atoms with Crippen molar-refractivity contribution in [1.29, 1.82) is 0 Å². The van der Waals surface area contributed by atoms with Gasteiger partial charge in [-0.1, -0.05) is 0 Å². The Balaban J connectivity index is 1.72. The van der Waals surface area contributed by atoms with Crippen LogP contribution in [-0.4, -0.2) is 33.5 Å². The number of nitrogen functional groups attached to an aromatic ring is 1. The Morgan fingerprint density at radius 2 is 1.59 bits per heavy atom. The van der Waals surface area contributed by atoms with Crippen molar-refractivity contribution in [2.75, 3.05) is 27.1 Å². The Hall–Kier alpha value is -3.52. The molecule has 3 aromatic rings. The summed E-state index contributed by atoms with van der Waals surface area (Å²) in [5.41, 5.74) is 10.6. The molecule has 8 heteroatoms. The molecule has 0 atom stereocenters. The van der Waals surface area contributed by atoms with E-state index in [0.717, 1.165) is 21.8 Å². The van der Waals surface area contributed by atoms with Gasteiger partial charge >= 0.3 is 0 Å². The Bertz CT molecular complexity index is 1010. The second-order valence-corrected chi connectivity index (χ2v) is 7.02. The van der Waals surface area contributed by atoms with Crippen LogP contribution in [0.3, 0.4) is 0 Å². The summed E-state index contributed by atoms with van der Waals surface area (Å²) in [6.45, 7) is 0. The molecule has 0 unspecified atom stereocenters. The normalized spacial score (nSPS) is 10.7. The van der Waals surface area contributed by atoms with Gasteiger partial charge in [0, 0.05) is 16.5 Å². The lowest BCUT2D eigenvalue weighted by Gasteiger charge is -2.05. The Kier molecular flexibility index (Phi) is 6.36. The molecule has 0 radical (unpaired) electrons. The minimum atomic E-state index is -0.377. The molecular weight excluding hydrogens is 390 g/mol. The number of ether oxygens (including phenoxy) is 3. The van der Waals surface area contributed by atoms with Gasteiger partial charge < -0.3 is 19.9 Å². The highest BCUT2D eigenvalue weighted by atomic mass is 32.1. The van der Waals surface area contributed by atoms with E-state index in [9.17, 15) is 4.79 Å². The molecule has 7 nitrogen and oxygen atoms in total. The van der Waals surface area contributed by atoms with Crippen molar-refractivity contribution in [2.24, 2.45) is 5.10 Å². The summed E-state index contributed by atoms with van der Waals surface area (Å²) in [5, 5.41) is 4.01. The van der Waals surface area contributed by atoms with E-state index in [-0.39, 0.29) is 5.91 Å². The SMILES string of the molecule is COc1ccc(-c2cc(N)c(C(=O)N/N=C\c3cc(OC)cc(OC)c3)s2)cc1. The van der Waals surface area contributed by atoms with Gasteiger partial charge in [0.2, 0.25) is 0 Å². The summed E-state index contributed by atoms with van der Waals surface area (Å²) in [6, 6.07) is 14.6. The number of rotatable bonds is 7. The molecule has 29 heavy (non-hydrogen) atoms. The molecule has 0 aliphatic heterocycles. The molecule has 0 fully saturated rings. The molecular formula is C21H21N3O4S. The van der Waals surface area contributed by atoms with Crippen LogP contribution in [-0.2, 0) is 0 Å². The second kappa shape index (κ2) is 9.11. The number of hydrazone groups is 1. The summed E-state index contributed by atoms with van der Waals surface area (Å²) in [5.74, 6) is 1.64. The smallest absolute Gasteiger partial charge is 0.283 e. The first-order valence-electron chi connectivity index (χ1n) is 8.64. The fourth-order valence-corrected chi connectivity index (χ4v) is 3.58. The molecule has 0 spiro atoms. The van der Waals surface area contributed by atoms with Gasteiger partial charge in [-0.2, -0.15) is 5.10 Å². The van der Waals surface area contributed by atoms with E-state index in [4.69, 9.17) is 19.9 Å². The summed E-state index contributed by atoms with van der Waals surface area (Å²) < 4.78 is 15.6. The van der Waals surface area contributed by atoms with Crippen molar-refractivity contribution >= 4 is 29.1 Å². The zero-order chi connectivity index (χ0) is 20.8. The number of amides is 1. The topological polar surface area (TPSA) is 95.2 Å². The molecule has 0 saturated heterocycles. The van der Waals surface area contributed by atoms with Crippen molar-refractivity contribution in [1.82, 2.24) is 5.43 Å². The number of benzene rings is 2. The third-order valence-corrected chi connectivity index (χ3v) is 5.29. The maximum atomic E-state index is 12.5. The zero-order valence-electron chi connectivity index (χ0n) is 16.3. The van der Waals surface area contributed by atoms with E-state index < -0.39 is 0 Å². The highest BCUT2D eigenvalue weighted by molar-refractivity contribution is 7.18. The molecule has 150 valence electrons. The highest BCUT2D eigenvalue weighted by Gasteiger charge is 2.15. The fourth-order valence-electron chi connectivity index (χ4n) is 2.60. The average molecular weight is 411 g/mol. The summed E-state index contributed by atoms with van der Waals surface area (Å²) in [6.07, 6.45) is 1.51. The van der Waals surface area contributed by atoms with Crippen molar-refractivity contribution in [3.63, 3.8) is 0 Å². The monoisotopic (exact) mass is 411 g/mol. The van der Waals surface area contributed by atoms with Crippen molar-refractivity contribution in [3.8, 4) is 27.7 Å². The predicted molar refractivity (Wildman–Crippen MR) is 115 cm³/mol. The third-order valence-electron chi connectivity index (χ3n) is 4.10. The van der Waals surface area contributed by atoms with Crippen LogP contribution in [0.25, 0.3) is 10.4 Å². The summed E-state index contributed by atoms with van der Waals surface area (Å²) in [4.78, 5) is 13.8. The standard InChI is InChI=1S/C21H21N3O4S/c1-26-15-6-4-14(5-7-15)19-11-18(22)20(29-19)21(25)24-23-12-13-8-16(27-2)10-17(9-13)28-3/h4-12H,22H2,1-3H3,(H,24,25)/b23-12-. The first-order chi connectivity index (χ1) is 14.0. The molecule has 1 aromatic heterocycles. The Morgan fingerprint density at radius 1 is 0.966 bits per heavy atom. The van der Waals surface area contributed by atoms with Gasteiger partial charge in [-0.15, -0.1) is 11.3 Å². The van der Waals surface area contributed by atoms with E-state index >= 15 is 0 Å². The molecule has 0 bridgehead atoms.